The van der Waals surface area contributed by atoms with Crippen LogP contribution in [0.3, 0.4) is 0 Å². The number of H-pyrrole nitrogens is 1. The number of pyridine rings is 1. The van der Waals surface area contributed by atoms with Crippen molar-refractivity contribution < 1.29 is 9.53 Å². The lowest BCUT2D eigenvalue weighted by Gasteiger charge is -2.09. The van der Waals surface area contributed by atoms with Gasteiger partial charge >= 0.3 is 0 Å². The zero-order chi connectivity index (χ0) is 20.8. The Hall–Kier alpha value is -3.85. The summed E-state index contributed by atoms with van der Waals surface area (Å²) in [6, 6.07) is 18.0. The van der Waals surface area contributed by atoms with Crippen molar-refractivity contribution in [2.24, 2.45) is 0 Å². The third kappa shape index (κ3) is 5.11. The first-order valence-electron chi connectivity index (χ1n) is 9.16. The van der Waals surface area contributed by atoms with Crippen LogP contribution in [0.5, 0.6) is 5.75 Å². The van der Waals surface area contributed by atoms with E-state index in [1.165, 1.54) is 0 Å². The molecule has 0 saturated carbocycles. The second kappa shape index (κ2) is 8.89. The molecule has 1 aromatic heterocycles. The third-order valence-electron chi connectivity index (χ3n) is 4.50. The van der Waals surface area contributed by atoms with Crippen LogP contribution in [0, 0.1) is 25.2 Å². The highest BCUT2D eigenvalue weighted by Crippen LogP contribution is 2.15. The molecule has 0 atom stereocenters. The molecule has 0 aliphatic carbocycles. The lowest BCUT2D eigenvalue weighted by Crippen LogP contribution is -2.27. The van der Waals surface area contributed by atoms with Gasteiger partial charge < -0.3 is 15.0 Å². The highest BCUT2D eigenvalue weighted by molar-refractivity contribution is 5.94. The number of rotatable bonds is 6. The molecular weight excluding hydrogens is 366 g/mol. The Morgan fingerprint density at radius 2 is 1.90 bits per heavy atom. The molecule has 146 valence electrons. The molecule has 0 unspecified atom stereocenters. The van der Waals surface area contributed by atoms with Gasteiger partial charge in [-0.3, -0.25) is 9.59 Å². The first-order valence-corrected chi connectivity index (χ1v) is 9.16. The lowest BCUT2D eigenvalue weighted by molar-refractivity contribution is 0.0950. The number of aromatic amines is 1. The average molecular weight is 387 g/mol. The van der Waals surface area contributed by atoms with Crippen LogP contribution in [0.15, 0.2) is 59.4 Å². The molecule has 29 heavy (non-hydrogen) atoms. The maximum Gasteiger partial charge on any atom is 0.253 e. The zero-order valence-corrected chi connectivity index (χ0v) is 16.3. The van der Waals surface area contributed by atoms with E-state index in [9.17, 15) is 9.59 Å². The van der Waals surface area contributed by atoms with Gasteiger partial charge in [0.25, 0.3) is 11.5 Å². The van der Waals surface area contributed by atoms with Gasteiger partial charge in [0.1, 0.15) is 12.4 Å². The summed E-state index contributed by atoms with van der Waals surface area (Å²) >= 11 is 0. The first kappa shape index (κ1) is 19.9. The Labute approximate surface area is 168 Å². The quantitative estimate of drug-likeness (QED) is 0.678. The number of hydrogen-bond donors (Lipinski definition) is 2. The van der Waals surface area contributed by atoms with E-state index in [-0.39, 0.29) is 18.0 Å². The van der Waals surface area contributed by atoms with Crippen LogP contribution >= 0.6 is 0 Å². The Kier molecular flexibility index (Phi) is 6.10. The molecule has 3 aromatic rings. The van der Waals surface area contributed by atoms with Crippen LogP contribution in [0.4, 0.5) is 0 Å². The van der Waals surface area contributed by atoms with Gasteiger partial charge in [-0.1, -0.05) is 18.2 Å². The van der Waals surface area contributed by atoms with Crippen molar-refractivity contribution in [3.63, 3.8) is 0 Å². The first-order chi connectivity index (χ1) is 14.0. The standard InChI is InChI=1S/C23H21N3O3/c1-15-10-16(2)26-23(28)21(15)13-25-22(27)19-8-6-17(7-9-19)14-29-20-5-3-4-18(11-20)12-24/h3-11H,13-14H2,1-2H3,(H,25,27)(H,26,28). The smallest absolute Gasteiger partial charge is 0.253 e. The second-order valence-electron chi connectivity index (χ2n) is 6.75. The van der Waals surface area contributed by atoms with Gasteiger partial charge in [-0.25, -0.2) is 0 Å². The van der Waals surface area contributed by atoms with Crippen molar-refractivity contribution in [3.8, 4) is 11.8 Å². The monoisotopic (exact) mass is 387 g/mol. The van der Waals surface area contributed by atoms with Gasteiger partial charge in [-0.05, 0) is 61.4 Å². The largest absolute Gasteiger partial charge is 0.489 e. The second-order valence-corrected chi connectivity index (χ2v) is 6.75. The van der Waals surface area contributed by atoms with Gasteiger partial charge in [-0.2, -0.15) is 5.26 Å². The molecule has 0 aliphatic rings. The minimum atomic E-state index is -0.251. The van der Waals surface area contributed by atoms with Crippen molar-refractivity contribution in [2.45, 2.75) is 27.0 Å². The highest BCUT2D eigenvalue weighted by Gasteiger charge is 2.09. The number of nitrogens with one attached hydrogen (secondary N) is 2. The number of ether oxygens (including phenoxy) is 1. The third-order valence-corrected chi connectivity index (χ3v) is 4.50. The fourth-order valence-corrected chi connectivity index (χ4v) is 2.95. The Morgan fingerprint density at radius 1 is 1.14 bits per heavy atom. The number of nitrogens with zero attached hydrogens (tertiary/aromatic N) is 1. The molecule has 1 amide bonds. The number of benzene rings is 2. The van der Waals surface area contributed by atoms with E-state index < -0.39 is 0 Å². The summed E-state index contributed by atoms with van der Waals surface area (Å²) in [4.78, 5) is 27.2. The lowest BCUT2D eigenvalue weighted by atomic mass is 10.1. The topological polar surface area (TPSA) is 95.0 Å². The predicted octanol–water partition coefficient (Wildman–Crippen LogP) is 3.37. The van der Waals surface area contributed by atoms with E-state index in [0.717, 1.165) is 16.8 Å². The summed E-state index contributed by atoms with van der Waals surface area (Å²) in [5, 5.41) is 11.7. The molecule has 0 aliphatic heterocycles. The fraction of sp³-hybridized carbons (Fsp3) is 0.174. The van der Waals surface area contributed by atoms with E-state index in [4.69, 9.17) is 10.00 Å². The SMILES string of the molecule is Cc1cc(C)c(CNC(=O)c2ccc(COc3cccc(C#N)c3)cc2)c(=O)[nH]1. The molecule has 6 nitrogen and oxygen atoms in total. The number of aromatic nitrogens is 1. The van der Waals surface area contributed by atoms with Crippen LogP contribution in [0.2, 0.25) is 0 Å². The fourth-order valence-electron chi connectivity index (χ4n) is 2.95. The van der Waals surface area contributed by atoms with Crippen LogP contribution in [0.25, 0.3) is 0 Å². The molecule has 0 fully saturated rings. The van der Waals surface area contributed by atoms with Gasteiger partial charge in [0.05, 0.1) is 11.6 Å². The van der Waals surface area contributed by atoms with Crippen LogP contribution < -0.4 is 15.6 Å². The molecule has 0 bridgehead atoms. The maximum absolute atomic E-state index is 12.4. The minimum Gasteiger partial charge on any atom is -0.489 e. The van der Waals surface area contributed by atoms with Crippen molar-refractivity contribution >= 4 is 5.91 Å². The van der Waals surface area contributed by atoms with Crippen molar-refractivity contribution in [1.82, 2.24) is 10.3 Å². The number of hydrogen-bond acceptors (Lipinski definition) is 4. The van der Waals surface area contributed by atoms with Crippen LogP contribution in [-0.4, -0.2) is 10.9 Å². The Bertz CT molecular complexity index is 1130. The van der Waals surface area contributed by atoms with E-state index in [1.807, 2.05) is 32.0 Å². The van der Waals surface area contributed by atoms with Gasteiger partial charge in [0, 0.05) is 23.4 Å². The summed E-state index contributed by atoms with van der Waals surface area (Å²) in [6.45, 7) is 4.17. The van der Waals surface area contributed by atoms with E-state index >= 15 is 0 Å². The van der Waals surface area contributed by atoms with Gasteiger partial charge in [0.2, 0.25) is 0 Å². The highest BCUT2D eigenvalue weighted by atomic mass is 16.5. The van der Waals surface area contributed by atoms with E-state index in [1.54, 1.807) is 36.4 Å². The Morgan fingerprint density at radius 3 is 2.59 bits per heavy atom. The normalized spacial score (nSPS) is 10.2. The zero-order valence-electron chi connectivity index (χ0n) is 16.3. The summed E-state index contributed by atoms with van der Waals surface area (Å²) < 4.78 is 5.69. The molecule has 6 heteroatoms. The van der Waals surface area contributed by atoms with Gasteiger partial charge in [-0.15, -0.1) is 0 Å². The summed E-state index contributed by atoms with van der Waals surface area (Å²) in [7, 11) is 0. The Balaban J connectivity index is 1.59. The molecule has 0 spiro atoms. The molecular formula is C23H21N3O3. The number of amides is 1. The van der Waals surface area contributed by atoms with Crippen molar-refractivity contribution in [1.29, 1.82) is 5.26 Å². The summed E-state index contributed by atoms with van der Waals surface area (Å²) in [5.74, 6) is 0.364. The predicted molar refractivity (Wildman–Crippen MR) is 110 cm³/mol. The molecule has 0 radical (unpaired) electrons. The summed E-state index contributed by atoms with van der Waals surface area (Å²) in [5.41, 5.74) is 3.94. The molecule has 3 rings (SSSR count). The molecule has 0 saturated heterocycles. The van der Waals surface area contributed by atoms with Crippen molar-refractivity contribution in [2.75, 3.05) is 0 Å². The maximum atomic E-state index is 12.4. The van der Waals surface area contributed by atoms with Gasteiger partial charge in [0.15, 0.2) is 0 Å². The molecule has 1 heterocycles. The summed E-state index contributed by atoms with van der Waals surface area (Å²) in [6.07, 6.45) is 0. The van der Waals surface area contributed by atoms with E-state index in [2.05, 4.69) is 16.4 Å². The minimum absolute atomic E-state index is 0.167. The van der Waals surface area contributed by atoms with E-state index in [0.29, 0.717) is 29.0 Å². The molecule has 2 N–H and O–H groups in total. The molecule has 2 aromatic carbocycles. The number of nitriles is 1. The van der Waals surface area contributed by atoms with Crippen LogP contribution in [0.1, 0.15) is 38.3 Å². The van der Waals surface area contributed by atoms with Crippen molar-refractivity contribution in [3.05, 3.63) is 98.5 Å². The number of aryl methyl sites for hydroxylation is 2. The van der Waals surface area contributed by atoms with Crippen LogP contribution in [-0.2, 0) is 13.2 Å². The average Bonchev–Trinajstić information content (AvgIpc) is 2.72. The number of carbonyl (C=O) groups is 1. The number of carbonyl (C=O) groups excluding carboxylic acids is 1.